The average molecular weight is 261 g/mol. The van der Waals surface area contributed by atoms with Gasteiger partial charge >= 0.3 is 0 Å². The molecule has 1 fully saturated rings. The molecule has 0 radical (unpaired) electrons. The molecule has 1 aromatic heterocycles. The van der Waals surface area contributed by atoms with E-state index in [2.05, 4.69) is 29.0 Å². The molecule has 0 aliphatic heterocycles. The summed E-state index contributed by atoms with van der Waals surface area (Å²) in [5, 5.41) is 0. The third kappa shape index (κ3) is 2.15. The van der Waals surface area contributed by atoms with Crippen LogP contribution >= 0.6 is 11.8 Å². The molecule has 3 nitrogen and oxygen atoms in total. The third-order valence-electron chi connectivity index (χ3n) is 3.50. The van der Waals surface area contributed by atoms with E-state index in [-0.39, 0.29) is 0 Å². The van der Waals surface area contributed by atoms with Gasteiger partial charge in [0, 0.05) is 24.8 Å². The molecule has 0 atom stereocenters. The van der Waals surface area contributed by atoms with Gasteiger partial charge in [-0.2, -0.15) is 11.8 Å². The first-order valence-electron chi connectivity index (χ1n) is 6.52. The number of fused-ring (bicyclic) bond motifs is 1. The maximum atomic E-state index is 5.70. The Morgan fingerprint density at radius 1 is 1.44 bits per heavy atom. The Morgan fingerprint density at radius 2 is 2.28 bits per heavy atom. The van der Waals surface area contributed by atoms with Gasteiger partial charge in [0.15, 0.2) is 0 Å². The van der Waals surface area contributed by atoms with Crippen molar-refractivity contribution < 1.29 is 0 Å². The Labute approximate surface area is 112 Å². The lowest BCUT2D eigenvalue weighted by Gasteiger charge is -2.06. The van der Waals surface area contributed by atoms with Crippen LogP contribution in [0.15, 0.2) is 18.2 Å². The second kappa shape index (κ2) is 4.94. The number of aromatic nitrogens is 2. The van der Waals surface area contributed by atoms with Crippen molar-refractivity contribution in [2.24, 2.45) is 5.73 Å². The number of nitrogens with zero attached hydrogens (tertiary/aromatic N) is 2. The van der Waals surface area contributed by atoms with Crippen molar-refractivity contribution in [3.8, 4) is 0 Å². The molecule has 2 aromatic rings. The molecule has 1 aliphatic rings. The molecule has 96 valence electrons. The van der Waals surface area contributed by atoms with Gasteiger partial charge in [0.2, 0.25) is 0 Å². The SMILES string of the molecule is CSCCc1nc2cc(CN)ccc2n1C1CC1. The van der Waals surface area contributed by atoms with Gasteiger partial charge in [0.25, 0.3) is 0 Å². The predicted molar refractivity (Wildman–Crippen MR) is 78.0 cm³/mol. The fourth-order valence-electron chi connectivity index (χ4n) is 2.43. The number of hydrogen-bond acceptors (Lipinski definition) is 3. The van der Waals surface area contributed by atoms with E-state index >= 15 is 0 Å². The van der Waals surface area contributed by atoms with E-state index in [4.69, 9.17) is 10.7 Å². The zero-order valence-corrected chi connectivity index (χ0v) is 11.5. The summed E-state index contributed by atoms with van der Waals surface area (Å²) in [6.45, 7) is 0.590. The number of thioether (sulfide) groups is 1. The molecule has 1 aromatic carbocycles. The molecule has 0 unspecified atom stereocenters. The van der Waals surface area contributed by atoms with Crippen molar-refractivity contribution in [1.29, 1.82) is 0 Å². The largest absolute Gasteiger partial charge is 0.326 e. The van der Waals surface area contributed by atoms with Crippen molar-refractivity contribution >= 4 is 22.8 Å². The van der Waals surface area contributed by atoms with Gasteiger partial charge in [-0.1, -0.05) is 6.07 Å². The van der Waals surface area contributed by atoms with Gasteiger partial charge in [0.1, 0.15) is 5.82 Å². The summed E-state index contributed by atoms with van der Waals surface area (Å²) in [7, 11) is 0. The minimum atomic E-state index is 0.590. The molecule has 0 amide bonds. The molecule has 1 saturated carbocycles. The second-order valence-corrected chi connectivity index (χ2v) is 5.88. The summed E-state index contributed by atoms with van der Waals surface area (Å²) < 4.78 is 2.45. The van der Waals surface area contributed by atoms with Crippen LogP contribution in [-0.4, -0.2) is 21.6 Å². The third-order valence-corrected chi connectivity index (χ3v) is 4.12. The monoisotopic (exact) mass is 261 g/mol. The molecule has 1 aliphatic carbocycles. The van der Waals surface area contributed by atoms with Crippen LogP contribution in [0, 0.1) is 0 Å². The van der Waals surface area contributed by atoms with Gasteiger partial charge in [-0.05, 0) is 36.8 Å². The summed E-state index contributed by atoms with van der Waals surface area (Å²) in [5.74, 6) is 2.38. The Kier molecular flexibility index (Phi) is 3.31. The van der Waals surface area contributed by atoms with E-state index in [0.717, 1.165) is 17.7 Å². The summed E-state index contributed by atoms with van der Waals surface area (Å²) in [5.41, 5.74) is 9.26. The molecule has 2 N–H and O–H groups in total. The van der Waals surface area contributed by atoms with Crippen molar-refractivity contribution in [2.45, 2.75) is 31.8 Å². The van der Waals surface area contributed by atoms with Gasteiger partial charge in [-0.3, -0.25) is 0 Å². The summed E-state index contributed by atoms with van der Waals surface area (Å²) in [4.78, 5) is 4.81. The number of benzene rings is 1. The van der Waals surface area contributed by atoms with Crippen LogP contribution in [0.5, 0.6) is 0 Å². The number of aryl methyl sites for hydroxylation is 1. The highest BCUT2D eigenvalue weighted by Gasteiger charge is 2.27. The van der Waals surface area contributed by atoms with Crippen LogP contribution in [0.1, 0.15) is 30.3 Å². The first-order valence-corrected chi connectivity index (χ1v) is 7.91. The highest BCUT2D eigenvalue weighted by molar-refractivity contribution is 7.98. The van der Waals surface area contributed by atoms with Crippen LogP contribution in [0.25, 0.3) is 11.0 Å². The van der Waals surface area contributed by atoms with Crippen molar-refractivity contribution in [1.82, 2.24) is 9.55 Å². The molecule has 1 heterocycles. The molecule has 3 rings (SSSR count). The normalized spacial score (nSPS) is 15.4. The molecular formula is C14H19N3S. The maximum absolute atomic E-state index is 5.70. The Hall–Kier alpha value is -1.00. The van der Waals surface area contributed by atoms with Crippen LogP contribution in [0.3, 0.4) is 0 Å². The molecule has 0 saturated heterocycles. The van der Waals surface area contributed by atoms with E-state index in [1.165, 1.54) is 29.7 Å². The van der Waals surface area contributed by atoms with Crippen molar-refractivity contribution in [3.05, 3.63) is 29.6 Å². The fourth-order valence-corrected chi connectivity index (χ4v) is 2.82. The van der Waals surface area contributed by atoms with Crippen LogP contribution in [-0.2, 0) is 13.0 Å². The molecule has 0 bridgehead atoms. The van der Waals surface area contributed by atoms with Gasteiger partial charge in [-0.25, -0.2) is 4.98 Å². The first-order chi connectivity index (χ1) is 8.83. The van der Waals surface area contributed by atoms with E-state index < -0.39 is 0 Å². The minimum absolute atomic E-state index is 0.590. The molecule has 18 heavy (non-hydrogen) atoms. The minimum Gasteiger partial charge on any atom is -0.326 e. The van der Waals surface area contributed by atoms with Gasteiger partial charge in [0.05, 0.1) is 11.0 Å². The average Bonchev–Trinajstić information content (AvgIpc) is 3.16. The highest BCUT2D eigenvalue weighted by Crippen LogP contribution is 2.39. The maximum Gasteiger partial charge on any atom is 0.110 e. The van der Waals surface area contributed by atoms with Crippen molar-refractivity contribution in [2.75, 3.05) is 12.0 Å². The van der Waals surface area contributed by atoms with E-state index in [9.17, 15) is 0 Å². The highest BCUT2D eigenvalue weighted by atomic mass is 32.2. The number of nitrogens with two attached hydrogens (primary N) is 1. The van der Waals surface area contributed by atoms with Crippen molar-refractivity contribution in [3.63, 3.8) is 0 Å². The topological polar surface area (TPSA) is 43.8 Å². The summed E-state index contributed by atoms with van der Waals surface area (Å²) in [6, 6.07) is 7.14. The quantitative estimate of drug-likeness (QED) is 0.900. The van der Waals surface area contributed by atoms with E-state index in [0.29, 0.717) is 12.6 Å². The predicted octanol–water partition coefficient (Wildman–Crippen LogP) is 2.74. The van der Waals surface area contributed by atoms with Gasteiger partial charge in [-0.15, -0.1) is 0 Å². The lowest BCUT2D eigenvalue weighted by molar-refractivity contribution is 0.710. The summed E-state index contributed by atoms with van der Waals surface area (Å²) >= 11 is 1.88. The number of rotatable bonds is 5. The zero-order chi connectivity index (χ0) is 12.5. The lowest BCUT2D eigenvalue weighted by atomic mass is 10.2. The Bertz CT molecular complexity index is 557. The van der Waals surface area contributed by atoms with Crippen LogP contribution in [0.2, 0.25) is 0 Å². The molecular weight excluding hydrogens is 242 g/mol. The molecule has 0 spiro atoms. The van der Waals surface area contributed by atoms with E-state index in [1.807, 2.05) is 11.8 Å². The molecule has 4 heteroatoms. The number of hydrogen-bond donors (Lipinski definition) is 1. The lowest BCUT2D eigenvalue weighted by Crippen LogP contribution is -2.02. The van der Waals surface area contributed by atoms with Gasteiger partial charge < -0.3 is 10.3 Å². The summed E-state index contributed by atoms with van der Waals surface area (Å²) in [6.07, 6.45) is 5.81. The standard InChI is InChI=1S/C14H19N3S/c1-18-7-6-14-16-12-8-10(9-15)2-5-13(12)17(14)11-3-4-11/h2,5,8,11H,3-4,6-7,9,15H2,1H3. The second-order valence-electron chi connectivity index (χ2n) is 4.90. The Balaban J connectivity index is 2.06. The van der Waals surface area contributed by atoms with E-state index in [1.54, 1.807) is 0 Å². The number of imidazole rings is 1. The van der Waals surface area contributed by atoms with Crippen LogP contribution < -0.4 is 5.73 Å². The van der Waals surface area contributed by atoms with Crippen LogP contribution in [0.4, 0.5) is 0 Å². The zero-order valence-electron chi connectivity index (χ0n) is 10.7. The Morgan fingerprint density at radius 3 is 2.94 bits per heavy atom. The smallest absolute Gasteiger partial charge is 0.110 e. The first kappa shape index (κ1) is 12.1. The fraction of sp³-hybridized carbons (Fsp3) is 0.500.